The van der Waals surface area contributed by atoms with Crippen molar-refractivity contribution < 1.29 is 13.2 Å². The maximum atomic E-state index is 12.0. The number of nitrogens with one attached hydrogen (secondary N) is 1. The first-order valence-corrected chi connectivity index (χ1v) is 9.47. The van der Waals surface area contributed by atoms with Crippen molar-refractivity contribution in [3.8, 4) is 5.75 Å². The molecule has 0 aliphatic rings. The summed E-state index contributed by atoms with van der Waals surface area (Å²) in [7, 11) is -3.29. The predicted molar refractivity (Wildman–Crippen MR) is 87.1 cm³/mol. The number of sulfonamides is 1. The summed E-state index contributed by atoms with van der Waals surface area (Å²) in [5, 5.41) is 0.615. The summed E-state index contributed by atoms with van der Waals surface area (Å²) >= 11 is 3.38. The summed E-state index contributed by atoms with van der Waals surface area (Å²) in [5.41, 5.74) is 1.50. The zero-order valence-corrected chi connectivity index (χ0v) is 14.6. The molecule has 0 heterocycles. The molecule has 0 aliphatic carbocycles. The van der Waals surface area contributed by atoms with Crippen LogP contribution < -0.4 is 9.46 Å². The Kier molecular flexibility index (Phi) is 6.82. The number of anilines is 1. The molecule has 4 nitrogen and oxygen atoms in total. The molecule has 1 rings (SSSR count). The van der Waals surface area contributed by atoms with Gasteiger partial charge in [0.25, 0.3) is 0 Å². The van der Waals surface area contributed by atoms with E-state index in [1.807, 2.05) is 20.8 Å². The fraction of sp³-hybridized carbons (Fsp3) is 0.571. The Bertz CT molecular complexity index is 529. The lowest BCUT2D eigenvalue weighted by molar-refractivity contribution is 0.338. The highest BCUT2D eigenvalue weighted by molar-refractivity contribution is 9.08. The molecule has 0 bridgehead atoms. The number of benzene rings is 1. The van der Waals surface area contributed by atoms with Gasteiger partial charge < -0.3 is 4.74 Å². The largest absolute Gasteiger partial charge is 0.494 e. The minimum Gasteiger partial charge on any atom is -0.494 e. The molecule has 0 fully saturated rings. The van der Waals surface area contributed by atoms with Gasteiger partial charge in [0, 0.05) is 16.6 Å². The van der Waals surface area contributed by atoms with Crippen LogP contribution >= 0.6 is 15.9 Å². The molecule has 0 saturated carbocycles. The van der Waals surface area contributed by atoms with Gasteiger partial charge in [-0.2, -0.15) is 0 Å². The highest BCUT2D eigenvalue weighted by Crippen LogP contribution is 2.25. The Morgan fingerprint density at radius 1 is 1.35 bits per heavy atom. The van der Waals surface area contributed by atoms with Crippen LogP contribution in [0.4, 0.5) is 5.69 Å². The minimum absolute atomic E-state index is 0.140. The lowest BCUT2D eigenvalue weighted by Gasteiger charge is -2.13. The fourth-order valence-corrected chi connectivity index (χ4v) is 3.47. The van der Waals surface area contributed by atoms with E-state index in [9.17, 15) is 8.42 Å². The van der Waals surface area contributed by atoms with Crippen LogP contribution in [0, 0.1) is 5.92 Å². The zero-order valence-electron chi connectivity index (χ0n) is 12.1. The first-order chi connectivity index (χ1) is 9.38. The second kappa shape index (κ2) is 7.88. The van der Waals surface area contributed by atoms with Gasteiger partial charge >= 0.3 is 0 Å². The first-order valence-electron chi connectivity index (χ1n) is 6.70. The highest BCUT2D eigenvalue weighted by atomic mass is 79.9. The second-order valence-electron chi connectivity index (χ2n) is 4.99. The van der Waals surface area contributed by atoms with Gasteiger partial charge in [-0.15, -0.1) is 0 Å². The van der Waals surface area contributed by atoms with Crippen LogP contribution in [-0.4, -0.2) is 20.8 Å². The lowest BCUT2D eigenvalue weighted by atomic mass is 10.2. The third-order valence-corrected chi connectivity index (χ3v) is 4.67. The molecule has 114 valence electrons. The van der Waals surface area contributed by atoms with E-state index in [2.05, 4.69) is 20.7 Å². The second-order valence-corrected chi connectivity index (χ2v) is 7.40. The van der Waals surface area contributed by atoms with E-state index in [1.165, 1.54) is 0 Å². The fourth-order valence-electron chi connectivity index (χ4n) is 1.67. The maximum absolute atomic E-state index is 12.0. The Morgan fingerprint density at radius 2 is 2.05 bits per heavy atom. The number of alkyl halides is 1. The lowest BCUT2D eigenvalue weighted by Crippen LogP contribution is -2.18. The first kappa shape index (κ1) is 17.3. The SMILES string of the molecule is CCOc1ccc(NS(=O)(=O)CCC(C)C)cc1CBr. The molecule has 20 heavy (non-hydrogen) atoms. The van der Waals surface area contributed by atoms with Crippen molar-refractivity contribution in [1.29, 1.82) is 0 Å². The molecule has 0 saturated heterocycles. The number of hydrogen-bond donors (Lipinski definition) is 1. The van der Waals surface area contributed by atoms with E-state index >= 15 is 0 Å². The third kappa shape index (κ3) is 5.71. The summed E-state index contributed by atoms with van der Waals surface area (Å²) in [6.45, 7) is 6.52. The molecule has 0 radical (unpaired) electrons. The molecule has 1 aromatic rings. The van der Waals surface area contributed by atoms with Gasteiger partial charge in [-0.3, -0.25) is 4.72 Å². The summed E-state index contributed by atoms with van der Waals surface area (Å²) in [5.74, 6) is 1.28. The van der Waals surface area contributed by atoms with Crippen molar-refractivity contribution in [2.75, 3.05) is 17.1 Å². The molecule has 6 heteroatoms. The maximum Gasteiger partial charge on any atom is 0.232 e. The van der Waals surface area contributed by atoms with Gasteiger partial charge in [-0.05, 0) is 37.5 Å². The van der Waals surface area contributed by atoms with Crippen molar-refractivity contribution >= 4 is 31.6 Å². The standard InChI is InChI=1S/C14H22BrNO3S/c1-4-19-14-6-5-13(9-12(14)10-15)16-20(17,18)8-7-11(2)3/h5-6,9,11,16H,4,7-8,10H2,1-3H3. The van der Waals surface area contributed by atoms with Crippen molar-refractivity contribution in [3.63, 3.8) is 0 Å². The van der Waals surface area contributed by atoms with Crippen molar-refractivity contribution in [2.24, 2.45) is 5.92 Å². The molecular weight excluding hydrogens is 342 g/mol. The number of rotatable bonds is 8. The Morgan fingerprint density at radius 3 is 2.60 bits per heavy atom. The van der Waals surface area contributed by atoms with Gasteiger partial charge in [-0.25, -0.2) is 8.42 Å². The van der Waals surface area contributed by atoms with E-state index in [0.717, 1.165) is 11.3 Å². The topological polar surface area (TPSA) is 55.4 Å². The van der Waals surface area contributed by atoms with Crippen LogP contribution in [0.3, 0.4) is 0 Å². The van der Waals surface area contributed by atoms with Crippen LogP contribution in [0.25, 0.3) is 0 Å². The number of ether oxygens (including phenoxy) is 1. The average Bonchev–Trinajstić information content (AvgIpc) is 2.38. The van der Waals surface area contributed by atoms with E-state index in [-0.39, 0.29) is 5.75 Å². The van der Waals surface area contributed by atoms with E-state index in [1.54, 1.807) is 18.2 Å². The Balaban J connectivity index is 2.82. The average molecular weight is 364 g/mol. The van der Waals surface area contributed by atoms with Gasteiger partial charge in [0.2, 0.25) is 10.0 Å². The van der Waals surface area contributed by atoms with Crippen LogP contribution in [0.5, 0.6) is 5.75 Å². The predicted octanol–water partition coefficient (Wildman–Crippen LogP) is 3.77. The Hall–Kier alpha value is -0.750. The van der Waals surface area contributed by atoms with Crippen LogP contribution in [0.1, 0.15) is 32.8 Å². The molecule has 0 unspecified atom stereocenters. The van der Waals surface area contributed by atoms with Gasteiger partial charge in [0.15, 0.2) is 0 Å². The molecule has 1 N–H and O–H groups in total. The van der Waals surface area contributed by atoms with Gasteiger partial charge in [0.1, 0.15) is 5.75 Å². The highest BCUT2D eigenvalue weighted by Gasteiger charge is 2.12. The minimum atomic E-state index is -3.29. The summed E-state index contributed by atoms with van der Waals surface area (Å²) in [6, 6.07) is 5.32. The monoisotopic (exact) mass is 363 g/mol. The molecular formula is C14H22BrNO3S. The Labute approximate surface area is 130 Å². The van der Waals surface area contributed by atoms with Crippen molar-refractivity contribution in [3.05, 3.63) is 23.8 Å². The summed E-state index contributed by atoms with van der Waals surface area (Å²) < 4.78 is 32.0. The normalized spacial score (nSPS) is 11.7. The molecule has 0 spiro atoms. The van der Waals surface area contributed by atoms with Crippen molar-refractivity contribution in [1.82, 2.24) is 0 Å². The quantitative estimate of drug-likeness (QED) is 0.715. The van der Waals surface area contributed by atoms with E-state index < -0.39 is 10.0 Å². The smallest absolute Gasteiger partial charge is 0.232 e. The molecule has 0 atom stereocenters. The van der Waals surface area contributed by atoms with E-state index in [4.69, 9.17) is 4.74 Å². The van der Waals surface area contributed by atoms with Crippen LogP contribution in [-0.2, 0) is 15.4 Å². The van der Waals surface area contributed by atoms with Crippen LogP contribution in [0.2, 0.25) is 0 Å². The molecule has 0 amide bonds. The summed E-state index contributed by atoms with van der Waals surface area (Å²) in [4.78, 5) is 0. The van der Waals surface area contributed by atoms with Crippen molar-refractivity contribution in [2.45, 2.75) is 32.5 Å². The molecule has 0 aromatic heterocycles. The molecule has 1 aromatic carbocycles. The number of halogens is 1. The molecule has 0 aliphatic heterocycles. The van der Waals surface area contributed by atoms with Gasteiger partial charge in [-0.1, -0.05) is 29.8 Å². The summed E-state index contributed by atoms with van der Waals surface area (Å²) in [6.07, 6.45) is 0.650. The van der Waals surface area contributed by atoms with Gasteiger partial charge in [0.05, 0.1) is 12.4 Å². The third-order valence-electron chi connectivity index (χ3n) is 2.74. The number of hydrogen-bond acceptors (Lipinski definition) is 3. The zero-order chi connectivity index (χ0) is 15.2. The van der Waals surface area contributed by atoms with E-state index in [0.29, 0.717) is 30.0 Å². The van der Waals surface area contributed by atoms with Crippen LogP contribution in [0.15, 0.2) is 18.2 Å².